The number of aliphatic hydroxyl groups excluding tert-OH is 1. The molecule has 2 aromatic rings. The number of aliphatic hydroxyl groups is 1. The number of allylic oxidation sites excluding steroid dienone is 2. The Morgan fingerprint density at radius 2 is 1.78 bits per heavy atom. The lowest BCUT2D eigenvalue weighted by Gasteiger charge is -2.39. The lowest BCUT2D eigenvalue weighted by Crippen LogP contribution is -2.52. The summed E-state index contributed by atoms with van der Waals surface area (Å²) in [6.45, 7) is 10.3. The van der Waals surface area contributed by atoms with Gasteiger partial charge in [-0.05, 0) is 82.4 Å². The molecule has 1 aromatic carbocycles. The maximum atomic E-state index is 14.9. The number of benzene rings is 1. The van der Waals surface area contributed by atoms with Crippen molar-refractivity contribution in [3.05, 3.63) is 63.7 Å². The molecule has 1 aromatic heterocycles. The minimum absolute atomic E-state index is 0.0538. The second kappa shape index (κ2) is 23.0. The van der Waals surface area contributed by atoms with Crippen LogP contribution in [-0.4, -0.2) is 94.7 Å². The molecule has 12 nitrogen and oxygen atoms in total. The zero-order chi connectivity index (χ0) is 42.4. The van der Waals surface area contributed by atoms with Gasteiger partial charge < -0.3 is 25.4 Å². The average Bonchev–Trinajstić information content (AvgIpc) is 3.72. The SMILES string of the molecule is CC[C@H](C)[C@H](CC(=O)[C@H]1CCCCN1C)C(=O)N(CC(=O)NC1=CCCCC1)[C@H](C[C@@H](O)c1nc(C(=O)N[C@@H](Cc2ccccc2)C[C@H](C)C(=O)OC)cs1)C(C)C. The van der Waals surface area contributed by atoms with E-state index in [0.29, 0.717) is 24.3 Å². The molecule has 320 valence electrons. The summed E-state index contributed by atoms with van der Waals surface area (Å²) in [7, 11) is 3.31. The molecule has 0 saturated carbocycles. The predicted molar refractivity (Wildman–Crippen MR) is 227 cm³/mol. The van der Waals surface area contributed by atoms with E-state index in [2.05, 4.69) is 20.5 Å². The van der Waals surface area contributed by atoms with Crippen LogP contribution >= 0.6 is 11.3 Å². The van der Waals surface area contributed by atoms with Gasteiger partial charge in [0.15, 0.2) is 5.78 Å². The van der Waals surface area contributed by atoms with Gasteiger partial charge in [-0.25, -0.2) is 4.98 Å². The Morgan fingerprint density at radius 3 is 2.41 bits per heavy atom. The number of hydrogen-bond donors (Lipinski definition) is 3. The van der Waals surface area contributed by atoms with Crippen LogP contribution in [-0.2, 0) is 30.3 Å². The summed E-state index contributed by atoms with van der Waals surface area (Å²) in [5.41, 5.74) is 2.00. The third kappa shape index (κ3) is 13.6. The molecule has 2 aliphatic rings. The summed E-state index contributed by atoms with van der Waals surface area (Å²) in [6, 6.07) is 8.50. The van der Waals surface area contributed by atoms with Crippen LogP contribution in [0.2, 0.25) is 0 Å². The van der Waals surface area contributed by atoms with Gasteiger partial charge in [0.25, 0.3) is 5.91 Å². The zero-order valence-electron chi connectivity index (χ0n) is 35.7. The van der Waals surface area contributed by atoms with E-state index in [1.807, 2.05) is 71.2 Å². The number of Topliss-reactive ketones (excluding diaryl/α,β-unsaturated/α-hetero) is 1. The highest BCUT2D eigenvalue weighted by Crippen LogP contribution is 2.32. The number of methoxy groups -OCH3 is 1. The molecule has 3 N–H and O–H groups in total. The number of amides is 3. The minimum Gasteiger partial charge on any atom is -0.469 e. The van der Waals surface area contributed by atoms with E-state index in [9.17, 15) is 29.1 Å². The van der Waals surface area contributed by atoms with E-state index in [-0.39, 0.29) is 72.6 Å². The highest BCUT2D eigenvalue weighted by atomic mass is 32.1. The Labute approximate surface area is 349 Å². The first-order chi connectivity index (χ1) is 27.7. The number of likely N-dealkylation sites (N-methyl/N-ethyl adjacent to an activating group) is 1. The van der Waals surface area contributed by atoms with Crippen molar-refractivity contribution in [2.24, 2.45) is 23.7 Å². The number of ether oxygens (including phenoxy) is 1. The van der Waals surface area contributed by atoms with Gasteiger partial charge in [0.1, 0.15) is 23.4 Å². The highest BCUT2D eigenvalue weighted by molar-refractivity contribution is 7.09. The fourth-order valence-electron chi connectivity index (χ4n) is 8.26. The standard InChI is InChI=1S/C45H67N5O7S/c1-8-30(4)35(25-39(51)37-21-15-16-22-49(37)6)44(55)50(27-41(53)46-33-19-13-10-14-20-33)38(29(2)3)26-40(52)43-48-36(28-58-43)42(54)47-34(23-31(5)45(56)57-7)24-32-17-11-9-12-18-32/h9,11-12,17-19,28-31,34-35,37-38,40,52H,8,10,13-16,20-27H2,1-7H3,(H,46,53)(H,47,54)/t30-,31-,34+,35-,37+,38+,40+/m0/s1. The summed E-state index contributed by atoms with van der Waals surface area (Å²) in [6.07, 6.45) is 9.11. The minimum atomic E-state index is -1.14. The number of piperidine rings is 1. The number of esters is 1. The molecule has 0 spiro atoms. The first-order valence-electron chi connectivity index (χ1n) is 21.3. The molecule has 2 heterocycles. The summed E-state index contributed by atoms with van der Waals surface area (Å²) in [5.74, 6) is -2.66. The predicted octanol–water partition coefficient (Wildman–Crippen LogP) is 6.64. The van der Waals surface area contributed by atoms with Crippen molar-refractivity contribution in [1.29, 1.82) is 0 Å². The summed E-state index contributed by atoms with van der Waals surface area (Å²) < 4.78 is 4.94. The second-order valence-electron chi connectivity index (χ2n) is 16.8. The summed E-state index contributed by atoms with van der Waals surface area (Å²) >= 11 is 1.15. The molecule has 1 fully saturated rings. The molecule has 4 rings (SSSR count). The van der Waals surface area contributed by atoms with Crippen LogP contribution in [0, 0.1) is 23.7 Å². The van der Waals surface area contributed by atoms with Crippen LogP contribution in [0.1, 0.15) is 132 Å². The van der Waals surface area contributed by atoms with Crippen LogP contribution in [0.3, 0.4) is 0 Å². The molecule has 13 heteroatoms. The van der Waals surface area contributed by atoms with E-state index in [0.717, 1.165) is 74.1 Å². The van der Waals surface area contributed by atoms with E-state index in [4.69, 9.17) is 4.74 Å². The summed E-state index contributed by atoms with van der Waals surface area (Å²) in [4.78, 5) is 76.6. The van der Waals surface area contributed by atoms with E-state index in [1.54, 1.807) is 17.2 Å². The number of carbonyl (C=O) groups excluding carboxylic acids is 5. The van der Waals surface area contributed by atoms with Gasteiger partial charge in [-0.1, -0.05) is 83.9 Å². The first-order valence-corrected chi connectivity index (χ1v) is 22.2. The molecule has 0 bridgehead atoms. The molecule has 1 aliphatic carbocycles. The van der Waals surface area contributed by atoms with Crippen molar-refractivity contribution in [3.63, 3.8) is 0 Å². The van der Waals surface area contributed by atoms with E-state index >= 15 is 0 Å². The number of rotatable bonds is 21. The first kappa shape index (κ1) is 46.7. The molecule has 0 radical (unpaired) electrons. The number of nitrogens with one attached hydrogen (secondary N) is 2. The second-order valence-corrected chi connectivity index (χ2v) is 17.7. The number of nitrogens with zero attached hydrogens (tertiary/aromatic N) is 3. The number of aromatic nitrogens is 1. The Balaban J connectivity index is 1.57. The van der Waals surface area contributed by atoms with Gasteiger partial charge in [-0.15, -0.1) is 11.3 Å². The van der Waals surface area contributed by atoms with Gasteiger partial charge >= 0.3 is 5.97 Å². The van der Waals surface area contributed by atoms with Crippen LogP contribution in [0.5, 0.6) is 0 Å². The molecule has 7 atom stereocenters. The maximum absolute atomic E-state index is 14.9. The number of carbonyl (C=O) groups is 5. The number of likely N-dealkylation sites (tertiary alicyclic amines) is 1. The number of thiazole rings is 1. The van der Waals surface area contributed by atoms with Gasteiger partial charge in [0.05, 0.1) is 19.1 Å². The largest absolute Gasteiger partial charge is 0.469 e. The van der Waals surface area contributed by atoms with E-state index < -0.39 is 29.9 Å². The zero-order valence-corrected chi connectivity index (χ0v) is 36.5. The number of ketones is 1. The van der Waals surface area contributed by atoms with Gasteiger partial charge in [0, 0.05) is 41.9 Å². The van der Waals surface area contributed by atoms with Crippen molar-refractivity contribution in [3.8, 4) is 0 Å². The van der Waals surface area contributed by atoms with Crippen LogP contribution in [0.15, 0.2) is 47.5 Å². The van der Waals surface area contributed by atoms with Crippen LogP contribution < -0.4 is 10.6 Å². The fraction of sp³-hybridized carbons (Fsp3) is 0.644. The van der Waals surface area contributed by atoms with E-state index in [1.165, 1.54) is 7.11 Å². The van der Waals surface area contributed by atoms with Crippen LogP contribution in [0.25, 0.3) is 0 Å². The molecular weight excluding hydrogens is 755 g/mol. The molecule has 0 unspecified atom stereocenters. The van der Waals surface area contributed by atoms with Crippen molar-refractivity contribution in [2.45, 2.75) is 136 Å². The molecule has 1 aliphatic heterocycles. The van der Waals surface area contributed by atoms with Crippen molar-refractivity contribution >= 4 is 40.8 Å². The van der Waals surface area contributed by atoms with Crippen molar-refractivity contribution < 1.29 is 33.8 Å². The van der Waals surface area contributed by atoms with Gasteiger partial charge in [0.2, 0.25) is 11.8 Å². The Bertz CT molecular complexity index is 1700. The fourth-order valence-corrected chi connectivity index (χ4v) is 9.05. The molecule has 58 heavy (non-hydrogen) atoms. The topological polar surface area (TPSA) is 158 Å². The summed E-state index contributed by atoms with van der Waals surface area (Å²) in [5, 5.41) is 19.7. The lowest BCUT2D eigenvalue weighted by molar-refractivity contribution is -0.147. The molecule has 3 amide bonds. The smallest absolute Gasteiger partial charge is 0.308 e. The van der Waals surface area contributed by atoms with Crippen LogP contribution in [0.4, 0.5) is 0 Å². The van der Waals surface area contributed by atoms with Gasteiger partial charge in [-0.3, -0.25) is 28.9 Å². The third-order valence-corrected chi connectivity index (χ3v) is 12.9. The Hall–Kier alpha value is -3.94. The number of hydrogen-bond acceptors (Lipinski definition) is 10. The van der Waals surface area contributed by atoms with Crippen molar-refractivity contribution in [1.82, 2.24) is 25.4 Å². The monoisotopic (exact) mass is 821 g/mol. The average molecular weight is 822 g/mol. The Morgan fingerprint density at radius 1 is 1.03 bits per heavy atom. The third-order valence-electron chi connectivity index (χ3n) is 12.0. The lowest BCUT2D eigenvalue weighted by atomic mass is 9.82. The quantitative estimate of drug-likeness (QED) is 0.118. The molecule has 1 saturated heterocycles. The van der Waals surface area contributed by atoms with Gasteiger partial charge in [-0.2, -0.15) is 0 Å². The normalized spacial score (nSPS) is 19.2. The van der Waals surface area contributed by atoms with Crippen molar-refractivity contribution in [2.75, 3.05) is 27.2 Å². The maximum Gasteiger partial charge on any atom is 0.308 e. The molecular formula is C45H67N5O7S. The highest BCUT2D eigenvalue weighted by Gasteiger charge is 2.39. The Kier molecular flexibility index (Phi) is 18.5.